The largest absolute Gasteiger partial charge is 0.510 e. The molecule has 10 unspecified atom stereocenters. The van der Waals surface area contributed by atoms with Gasteiger partial charge in [-0.3, -0.25) is 29.0 Å². The predicted octanol–water partition coefficient (Wildman–Crippen LogP) is 7.44. The van der Waals surface area contributed by atoms with Crippen LogP contribution in [0.15, 0.2) is 42.7 Å². The summed E-state index contributed by atoms with van der Waals surface area (Å²) in [5.74, 6) is -0.930. The Morgan fingerprint density at radius 2 is 1.09 bits per heavy atom. The zero-order chi connectivity index (χ0) is 76.6. The molecule has 607 valence electrons. The first-order chi connectivity index (χ1) is 48.7. The third-order valence-corrected chi connectivity index (χ3v) is 37.2. The number of carbonyl (C=O) groups excluding carboxylic acids is 4. The number of rotatable bonds is 58. The quantitative estimate of drug-likeness (QED) is 0.0110. The number of nitrogens with one attached hydrogen (secondary N) is 2. The molecule has 0 spiro atoms. The molecule has 9 N–H and O–H groups in total. The van der Waals surface area contributed by atoms with Gasteiger partial charge in [-0.15, -0.1) is 0 Å². The van der Waals surface area contributed by atoms with Crippen molar-refractivity contribution in [1.29, 1.82) is 0 Å². The van der Waals surface area contributed by atoms with Crippen LogP contribution in [0.25, 0.3) is 0 Å². The second-order valence-corrected chi connectivity index (χ2v) is 47.9. The summed E-state index contributed by atoms with van der Waals surface area (Å²) in [5.41, 5.74) is 11.9. The van der Waals surface area contributed by atoms with E-state index in [-0.39, 0.29) is 161 Å². The summed E-state index contributed by atoms with van der Waals surface area (Å²) in [4.78, 5) is 60.5. The van der Waals surface area contributed by atoms with E-state index in [9.17, 15) is 34.5 Å². The Bertz CT molecular complexity index is 2510. The number of ether oxygens (including phenoxy) is 9. The summed E-state index contributed by atoms with van der Waals surface area (Å²) < 4.78 is 81.6. The smallest absolute Gasteiger partial charge is 0.508 e. The van der Waals surface area contributed by atoms with Crippen LogP contribution in [0.4, 0.5) is 0 Å². The van der Waals surface area contributed by atoms with E-state index in [0.717, 1.165) is 63.0 Å². The Morgan fingerprint density at radius 1 is 0.610 bits per heavy atom. The zero-order valence-electron chi connectivity index (χ0n) is 66.8. The number of hydrogen-bond acceptors (Lipinski definition) is 26. The van der Waals surface area contributed by atoms with E-state index in [2.05, 4.69) is 63.1 Å². The summed E-state index contributed by atoms with van der Waals surface area (Å²) >= 11 is 0. The van der Waals surface area contributed by atoms with Gasteiger partial charge in [0.05, 0.1) is 91.1 Å². The number of hydrogen-bond donors (Lipinski definition) is 7. The van der Waals surface area contributed by atoms with Crippen molar-refractivity contribution in [2.75, 3.05) is 113 Å². The van der Waals surface area contributed by atoms with Crippen LogP contribution in [0.3, 0.4) is 0 Å². The standard InChI is InChI=1S/C72H140N6O20Si5.W.Y/c1-17-91-69(82)44-67(71(84)93-19-3)77(10)62-33-29-60(30-34-62)43-61-31-35-63(36-32-61)78(68(72(85)94-20-4)45-70(83)92-18-2)47-65(81)54-88-39-25-41-100(11,12)96-102(15,16)98-103(66-27-22-21-23-28-66,95-99(40-24-37-86-52-59(9)79)76-58(8)51-90-49-56(6)74)97-101(13,14)42-26-38-87-53-64(80)46-75-57(7)50-89-48-55(5)73;;/h21-23,27-28,55-58,60-65,67-68,75-76,79-81,99H,9,17-20,24-26,29-54,73-74H2,1-8,10-16H3;;. The molecule has 10 atom stereocenters. The fourth-order valence-electron chi connectivity index (χ4n) is 13.6. The van der Waals surface area contributed by atoms with Crippen LogP contribution in [0.2, 0.25) is 57.4 Å². The van der Waals surface area contributed by atoms with Crippen molar-refractivity contribution in [2.45, 2.75) is 263 Å². The van der Waals surface area contributed by atoms with E-state index in [1.165, 1.54) is 0 Å². The minimum absolute atomic E-state index is 0. The summed E-state index contributed by atoms with van der Waals surface area (Å²) in [6, 6.07) is 10.1. The number of benzene rings is 1. The average molecular weight is 1820 g/mol. The van der Waals surface area contributed by atoms with Gasteiger partial charge in [0.2, 0.25) is 9.20 Å². The molecule has 2 aliphatic carbocycles. The van der Waals surface area contributed by atoms with E-state index in [1.807, 2.05) is 68.0 Å². The molecule has 0 amide bonds. The first-order valence-electron chi connectivity index (χ1n) is 38.3. The second kappa shape index (κ2) is 55.3. The minimum atomic E-state index is -3.96. The maximum Gasteiger partial charge on any atom is 0.508 e. The molecular weight excluding hydrogens is 1680 g/mol. The molecule has 2 fully saturated rings. The van der Waals surface area contributed by atoms with Gasteiger partial charge in [0.1, 0.15) is 24.4 Å². The summed E-state index contributed by atoms with van der Waals surface area (Å²) in [6.07, 6.45) is 8.27. The number of nitrogens with two attached hydrogens (primary N) is 2. The maximum atomic E-state index is 13.9. The molecule has 1 aromatic rings. The number of esters is 4. The van der Waals surface area contributed by atoms with Crippen LogP contribution in [0.5, 0.6) is 0 Å². The Kier molecular flexibility index (Phi) is 53.7. The molecule has 105 heavy (non-hydrogen) atoms. The molecular formula is C72H140N6O20Si5WY. The predicted molar refractivity (Wildman–Crippen MR) is 413 cm³/mol. The SMILES string of the molecule is C=C(O)COCCC[SiH](NC(C)COCC(C)N)O[Si](O[Si](C)(C)CCCOCC(O)CNC(C)COCC(C)N)(O[Si](C)(C)O[Si](C)(C)CCCOCC(O)CN(C1CCC(CC2CCC(N(C)C(CC(=O)OCC)C(=O)OCC)CC2)CC1)C(CC(=O)OCC)C(=O)OCC)c1ccccc1.[W].[Y]. The third-order valence-electron chi connectivity index (χ3n) is 18.3. The third kappa shape index (κ3) is 43.6. The summed E-state index contributed by atoms with van der Waals surface area (Å²) in [7, 11) is -13.1. The van der Waals surface area contributed by atoms with Crippen LogP contribution in [0, 0.1) is 11.8 Å². The summed E-state index contributed by atoms with van der Waals surface area (Å²) in [5, 5.41) is 36.6. The molecule has 26 nitrogen and oxygen atoms in total. The van der Waals surface area contributed by atoms with Crippen molar-refractivity contribution in [1.82, 2.24) is 20.1 Å². The monoisotopic (exact) mass is 1820 g/mol. The van der Waals surface area contributed by atoms with Crippen molar-refractivity contribution in [2.24, 2.45) is 23.3 Å². The molecule has 0 bridgehead atoms. The van der Waals surface area contributed by atoms with Crippen LogP contribution in [-0.4, -0.2) is 265 Å². The molecule has 0 aliphatic heterocycles. The molecule has 2 saturated carbocycles. The van der Waals surface area contributed by atoms with Crippen molar-refractivity contribution in [3.05, 3.63) is 42.7 Å². The minimum Gasteiger partial charge on any atom is -0.510 e. The van der Waals surface area contributed by atoms with Gasteiger partial charge >= 0.3 is 41.2 Å². The number of nitrogens with zero attached hydrogens (tertiary/aromatic N) is 2. The number of aliphatic hydroxyl groups excluding tert-OH is 3. The van der Waals surface area contributed by atoms with Crippen molar-refractivity contribution < 1.29 is 147 Å². The van der Waals surface area contributed by atoms with Gasteiger partial charge in [-0.05, 0) is 209 Å². The topological polar surface area (TPSA) is 332 Å². The van der Waals surface area contributed by atoms with Crippen LogP contribution < -0.4 is 27.0 Å². The van der Waals surface area contributed by atoms with E-state index in [0.29, 0.717) is 102 Å². The first-order valence-corrected chi connectivity index (χ1v) is 51.0. The Balaban J connectivity index is 0.0000276. The first kappa shape index (κ1) is 102. The van der Waals surface area contributed by atoms with Gasteiger partial charge in [0.25, 0.3) is 0 Å². The zero-order valence-corrected chi connectivity index (χ0v) is 77.7. The Morgan fingerprint density at radius 3 is 1.60 bits per heavy atom. The van der Waals surface area contributed by atoms with Crippen molar-refractivity contribution >= 4 is 72.3 Å². The maximum absolute atomic E-state index is 13.9. The molecule has 1 radical (unpaired) electrons. The second-order valence-electron chi connectivity index (χ2n) is 30.1. The van der Waals surface area contributed by atoms with Crippen molar-refractivity contribution in [3.8, 4) is 0 Å². The summed E-state index contributed by atoms with van der Waals surface area (Å²) in [6.45, 7) is 35.6. The molecule has 0 aromatic heterocycles. The van der Waals surface area contributed by atoms with Gasteiger partial charge in [0.15, 0.2) is 16.6 Å². The molecule has 3 rings (SSSR count). The van der Waals surface area contributed by atoms with E-state index >= 15 is 0 Å². The molecule has 0 heterocycles. The number of likely N-dealkylation sites (N-methyl/N-ethyl adjacent to an activating group) is 1. The number of carbonyl (C=O) groups is 4. The van der Waals surface area contributed by atoms with Gasteiger partial charge in [-0.2, -0.15) is 0 Å². The van der Waals surface area contributed by atoms with E-state index in [4.69, 9.17) is 70.6 Å². The van der Waals surface area contributed by atoms with Crippen LogP contribution in [-0.2, 0) is 132 Å². The number of aliphatic hydroxyl groups is 3. The molecule has 1 aromatic carbocycles. The van der Waals surface area contributed by atoms with Crippen molar-refractivity contribution in [3.63, 3.8) is 0 Å². The van der Waals surface area contributed by atoms with Gasteiger partial charge in [-0.1, -0.05) is 36.9 Å². The normalized spacial score (nSPS) is 19.9. The van der Waals surface area contributed by atoms with Gasteiger partial charge in [-0.25, -0.2) is 0 Å². The van der Waals surface area contributed by atoms with Gasteiger partial charge < -0.3 is 96.2 Å². The van der Waals surface area contributed by atoms with E-state index in [1.54, 1.807) is 27.7 Å². The fourth-order valence-corrected chi connectivity index (χ4v) is 35.4. The molecule has 33 heteroatoms. The van der Waals surface area contributed by atoms with Crippen LogP contribution >= 0.6 is 0 Å². The Hall–Kier alpha value is -1.16. The van der Waals surface area contributed by atoms with Gasteiger partial charge in [0, 0.05) is 128 Å². The van der Waals surface area contributed by atoms with E-state index < -0.39 is 91.4 Å². The molecule has 0 saturated heterocycles. The fraction of sp³-hybridized carbons (Fsp3) is 0.833. The Labute approximate surface area is 676 Å². The average Bonchev–Trinajstić information content (AvgIpc) is 0.777. The molecule has 2 aliphatic rings. The van der Waals surface area contributed by atoms with Crippen LogP contribution in [0.1, 0.15) is 145 Å².